The number of carbonyl (C=O) groups is 1. The van der Waals surface area contributed by atoms with Crippen molar-refractivity contribution in [3.05, 3.63) is 87.2 Å². The summed E-state index contributed by atoms with van der Waals surface area (Å²) in [6.07, 6.45) is 5.03. The number of nitrogens with zero attached hydrogens (tertiary/aromatic N) is 3. The first-order chi connectivity index (χ1) is 22.5. The Bertz CT molecular complexity index is 1900. The highest BCUT2D eigenvalue weighted by Gasteiger charge is 2.33. The highest BCUT2D eigenvalue weighted by Crippen LogP contribution is 2.45. The molecule has 0 bridgehead atoms. The molecule has 3 atom stereocenters. The first-order valence-electron chi connectivity index (χ1n) is 16.1. The van der Waals surface area contributed by atoms with Crippen LogP contribution in [0.5, 0.6) is 17.2 Å². The third-order valence-corrected chi connectivity index (χ3v) is 9.16. The van der Waals surface area contributed by atoms with Crippen LogP contribution >= 0.6 is 11.6 Å². The van der Waals surface area contributed by atoms with Gasteiger partial charge in [0, 0.05) is 40.9 Å². The second kappa shape index (κ2) is 11.5. The van der Waals surface area contributed by atoms with E-state index in [4.69, 9.17) is 39.6 Å². The molecule has 3 aliphatic heterocycles. The zero-order chi connectivity index (χ0) is 33.0. The molecule has 7 rings (SSSR count). The molecule has 0 radical (unpaired) electrons. The number of halogens is 1. The smallest absolute Gasteiger partial charge is 0.335 e. The Hall–Kier alpha value is -4.05. The maximum Gasteiger partial charge on any atom is 0.335 e. The van der Waals surface area contributed by atoms with Gasteiger partial charge in [0.2, 0.25) is 0 Å². The van der Waals surface area contributed by atoms with Crippen molar-refractivity contribution in [2.24, 2.45) is 0 Å². The summed E-state index contributed by atoms with van der Waals surface area (Å²) in [5.41, 5.74) is 5.18. The molecule has 1 N–H and O–H groups in total. The van der Waals surface area contributed by atoms with Gasteiger partial charge in [-0.3, -0.25) is 4.90 Å². The van der Waals surface area contributed by atoms with Gasteiger partial charge in [-0.25, -0.2) is 9.78 Å². The molecule has 3 aliphatic rings. The molecular formula is C34H34ClN3O6. The average Bonchev–Trinajstić information content (AvgIpc) is 3.35. The average molecular weight is 619 g/mol. The predicted molar refractivity (Wildman–Crippen MR) is 167 cm³/mol. The molecule has 0 amide bonds. The van der Waals surface area contributed by atoms with Gasteiger partial charge < -0.3 is 28.6 Å². The number of imidazole rings is 1. The van der Waals surface area contributed by atoms with Crippen LogP contribution in [0.3, 0.4) is 0 Å². The number of carboxylic acid groups (broad SMARTS) is 1. The number of aromatic nitrogens is 2. The minimum absolute atomic E-state index is 0.0290. The maximum absolute atomic E-state index is 12.0. The van der Waals surface area contributed by atoms with Crippen molar-refractivity contribution >= 4 is 34.7 Å². The fourth-order valence-electron chi connectivity index (χ4n) is 6.47. The Morgan fingerprint density at radius 2 is 2.07 bits per heavy atom. The van der Waals surface area contributed by atoms with Gasteiger partial charge in [-0.1, -0.05) is 29.8 Å². The fourth-order valence-corrected chi connectivity index (χ4v) is 6.63. The summed E-state index contributed by atoms with van der Waals surface area (Å²) in [5, 5.41) is 10.1. The SMILES string of the molecule is [2H]C([2H])([2H])Oc1cc(Cl)ccc1[C@H]1C=Cc2ccc3c(c2O1)C(C)N(Cc1nc2c(OC)cc(C(=O)O)cc2n1C[C@@H]1CCO1)CC3. The first-order valence-corrected chi connectivity index (χ1v) is 15.0. The zero-order valence-electron chi connectivity index (χ0n) is 27.4. The topological polar surface area (TPSA) is 95.3 Å². The standard InChI is InChI=1S/C34H34ClN3O6/c1-19-31-20(4-5-21-6-9-27(44-33(21)31)25-8-7-23(35)16-28(25)41-2)10-12-37(19)18-30-36-32-26(38(30)17-24-11-13-43-24)14-22(34(39)40)15-29(32)42-3/h4-9,14-16,19,24,27H,10-13,17-18H2,1-3H3,(H,39,40)/t19?,24-,27+/m0/s1/i2D3. The van der Waals surface area contributed by atoms with Gasteiger partial charge in [-0.2, -0.15) is 0 Å². The van der Waals surface area contributed by atoms with Gasteiger partial charge in [-0.05, 0) is 61.7 Å². The van der Waals surface area contributed by atoms with Crippen LogP contribution in [-0.4, -0.2) is 58.9 Å². The van der Waals surface area contributed by atoms with E-state index < -0.39 is 19.1 Å². The summed E-state index contributed by atoms with van der Waals surface area (Å²) in [4.78, 5) is 19.3. The lowest BCUT2D eigenvalue weighted by Crippen LogP contribution is -2.36. The van der Waals surface area contributed by atoms with Crippen LogP contribution in [0.15, 0.2) is 48.5 Å². The van der Waals surface area contributed by atoms with Crippen molar-refractivity contribution < 1.29 is 33.0 Å². The molecule has 228 valence electrons. The van der Waals surface area contributed by atoms with Gasteiger partial charge in [-0.15, -0.1) is 0 Å². The molecule has 1 unspecified atom stereocenters. The second-order valence-corrected chi connectivity index (χ2v) is 11.8. The number of aromatic carboxylic acids is 1. The van der Waals surface area contributed by atoms with Crippen LogP contribution in [0.2, 0.25) is 5.02 Å². The summed E-state index contributed by atoms with van der Waals surface area (Å²) in [6, 6.07) is 12.2. The molecule has 9 nitrogen and oxygen atoms in total. The molecule has 3 aromatic carbocycles. The van der Waals surface area contributed by atoms with E-state index >= 15 is 0 Å². The molecule has 44 heavy (non-hydrogen) atoms. The van der Waals surface area contributed by atoms with Crippen LogP contribution in [0.4, 0.5) is 0 Å². The second-order valence-electron chi connectivity index (χ2n) is 11.4. The van der Waals surface area contributed by atoms with Crippen LogP contribution in [0.25, 0.3) is 17.1 Å². The predicted octanol–water partition coefficient (Wildman–Crippen LogP) is 6.46. The van der Waals surface area contributed by atoms with E-state index in [1.165, 1.54) is 24.8 Å². The molecule has 1 aromatic heterocycles. The van der Waals surface area contributed by atoms with Gasteiger partial charge in [0.25, 0.3) is 0 Å². The lowest BCUT2D eigenvalue weighted by Gasteiger charge is -2.38. The van der Waals surface area contributed by atoms with E-state index in [9.17, 15) is 9.90 Å². The van der Waals surface area contributed by atoms with E-state index in [-0.39, 0.29) is 23.5 Å². The normalized spacial score (nSPS) is 22.2. The Morgan fingerprint density at radius 3 is 2.82 bits per heavy atom. The molecule has 0 saturated carbocycles. The molecule has 0 aliphatic carbocycles. The van der Waals surface area contributed by atoms with Crippen molar-refractivity contribution in [1.29, 1.82) is 0 Å². The lowest BCUT2D eigenvalue weighted by atomic mass is 9.89. The van der Waals surface area contributed by atoms with E-state index in [1.54, 1.807) is 18.2 Å². The van der Waals surface area contributed by atoms with Crippen molar-refractivity contribution in [1.82, 2.24) is 14.5 Å². The molecule has 1 fully saturated rings. The third-order valence-electron chi connectivity index (χ3n) is 8.93. The molecule has 0 spiro atoms. The minimum Gasteiger partial charge on any atom is -0.496 e. The van der Waals surface area contributed by atoms with E-state index in [0.717, 1.165) is 42.1 Å². The number of benzene rings is 3. The zero-order valence-corrected chi connectivity index (χ0v) is 25.1. The number of fused-ring (bicyclic) bond motifs is 4. The monoisotopic (exact) mass is 618 g/mol. The van der Waals surface area contributed by atoms with Crippen LogP contribution in [0.1, 0.15) is 68.0 Å². The van der Waals surface area contributed by atoms with Crippen molar-refractivity contribution in [3.63, 3.8) is 0 Å². The quantitative estimate of drug-likeness (QED) is 0.240. The molecule has 4 aromatic rings. The number of ether oxygens (including phenoxy) is 4. The Kier molecular flexibility index (Phi) is 6.59. The lowest BCUT2D eigenvalue weighted by molar-refractivity contribution is -0.0592. The van der Waals surface area contributed by atoms with Crippen molar-refractivity contribution in [2.75, 3.05) is 27.3 Å². The largest absolute Gasteiger partial charge is 0.496 e. The van der Waals surface area contributed by atoms with Crippen LogP contribution in [-0.2, 0) is 24.2 Å². The molecule has 1 saturated heterocycles. The van der Waals surface area contributed by atoms with Crippen molar-refractivity contribution in [3.8, 4) is 17.2 Å². The number of methoxy groups -OCH3 is 2. The highest BCUT2D eigenvalue weighted by molar-refractivity contribution is 6.30. The summed E-state index contributed by atoms with van der Waals surface area (Å²) >= 11 is 6.20. The number of carboxylic acids is 1. The fraction of sp³-hybridized carbons (Fsp3) is 0.353. The Balaban J connectivity index is 1.23. The van der Waals surface area contributed by atoms with E-state index in [2.05, 4.69) is 28.5 Å². The highest BCUT2D eigenvalue weighted by atomic mass is 35.5. The van der Waals surface area contributed by atoms with Crippen LogP contribution in [0, 0.1) is 0 Å². The van der Waals surface area contributed by atoms with Crippen molar-refractivity contribution in [2.45, 2.75) is 51.1 Å². The summed E-state index contributed by atoms with van der Waals surface area (Å²) in [6.45, 7) is 4.69. The first kappa shape index (κ1) is 25.3. The molecular weight excluding hydrogens is 582 g/mol. The Morgan fingerprint density at radius 1 is 1.20 bits per heavy atom. The van der Waals surface area contributed by atoms with Gasteiger partial charge in [0.1, 0.15) is 34.7 Å². The molecule has 4 heterocycles. The summed E-state index contributed by atoms with van der Waals surface area (Å²) < 4.78 is 48.3. The third kappa shape index (κ3) is 4.99. The van der Waals surface area contributed by atoms with Gasteiger partial charge in [0.15, 0.2) is 0 Å². The van der Waals surface area contributed by atoms with E-state index in [1.807, 2.05) is 12.2 Å². The minimum atomic E-state index is -2.65. The maximum atomic E-state index is 12.0. The van der Waals surface area contributed by atoms with Gasteiger partial charge >= 0.3 is 5.97 Å². The number of hydrogen-bond donors (Lipinski definition) is 1. The van der Waals surface area contributed by atoms with E-state index in [0.29, 0.717) is 47.1 Å². The summed E-state index contributed by atoms with van der Waals surface area (Å²) in [7, 11) is -1.13. The van der Waals surface area contributed by atoms with Crippen LogP contribution < -0.4 is 14.2 Å². The Labute approximate surface area is 264 Å². The number of rotatable bonds is 8. The van der Waals surface area contributed by atoms with Gasteiger partial charge in [0.05, 0.1) is 48.5 Å². The summed E-state index contributed by atoms with van der Waals surface area (Å²) in [5.74, 6) is 1.06. The number of hydrogen-bond acceptors (Lipinski definition) is 7. The molecule has 10 heteroatoms.